The van der Waals surface area contributed by atoms with E-state index in [0.717, 1.165) is 12.1 Å². The first kappa shape index (κ1) is 13.3. The van der Waals surface area contributed by atoms with Crippen LogP contribution in [0.25, 0.3) is 0 Å². The average Bonchev–Trinajstić information content (AvgIpc) is 2.97. The van der Waals surface area contributed by atoms with Crippen LogP contribution >= 0.6 is 10.2 Å². The van der Waals surface area contributed by atoms with E-state index in [1.165, 1.54) is 0 Å². The van der Waals surface area contributed by atoms with Crippen LogP contribution in [0.4, 0.5) is 19.4 Å². The minimum atomic E-state index is -9.71. The summed E-state index contributed by atoms with van der Waals surface area (Å²) in [5, 5.41) is 2.07. The molecule has 3 rings (SSSR count). The lowest BCUT2D eigenvalue weighted by Gasteiger charge is -2.40. The number of hydrogen-bond donors (Lipinski definition) is 1. The van der Waals surface area contributed by atoms with Gasteiger partial charge in [-0.3, -0.25) is 14.9 Å². The molecule has 2 atom stereocenters. The second-order valence-corrected chi connectivity index (χ2v) is 7.45. The molecular weight excluding hydrogens is 305 g/mol. The molecule has 0 bridgehead atoms. The number of amides is 2. The maximum Gasteiger partial charge on any atom is 0.310 e. The number of rotatable bonds is 2. The molecule has 20 heavy (non-hydrogen) atoms. The van der Waals surface area contributed by atoms with Crippen molar-refractivity contribution >= 4 is 22.0 Å². The highest BCUT2D eigenvalue weighted by molar-refractivity contribution is 8.45. The van der Waals surface area contributed by atoms with E-state index < -0.39 is 38.3 Å². The first-order valence-corrected chi connectivity index (χ1v) is 7.50. The number of hydrogen-bond acceptors (Lipinski definition) is 2. The number of fused-ring (bicyclic) bond motifs is 1. The summed E-state index contributed by atoms with van der Waals surface area (Å²) in [7, 11) is -9.71. The summed E-state index contributed by atoms with van der Waals surface area (Å²) in [4.78, 5) is 21.0. The summed E-state index contributed by atoms with van der Waals surface area (Å²) in [6, 6.07) is 2.20. The molecule has 110 valence electrons. The fourth-order valence-corrected chi connectivity index (χ4v) is 3.25. The summed E-state index contributed by atoms with van der Waals surface area (Å²) >= 11 is 0. The number of nitrogens with one attached hydrogen (secondary N) is 1. The van der Waals surface area contributed by atoms with Crippen molar-refractivity contribution in [2.24, 2.45) is 5.92 Å². The van der Waals surface area contributed by atoms with Crippen LogP contribution in [0, 0.1) is 5.92 Å². The van der Waals surface area contributed by atoms with E-state index in [0.29, 0.717) is 0 Å². The molecule has 0 radical (unpaired) electrons. The topological polar surface area (TPSA) is 46.2 Å². The van der Waals surface area contributed by atoms with Crippen LogP contribution in [0.15, 0.2) is 29.2 Å². The Hall–Kier alpha value is -1.64. The number of carbonyl (C=O) groups is 2. The predicted molar refractivity (Wildman–Crippen MR) is 60.8 cm³/mol. The summed E-state index contributed by atoms with van der Waals surface area (Å²) in [5.41, 5.74) is -1.02. The van der Waals surface area contributed by atoms with Crippen LogP contribution in [0.2, 0.25) is 0 Å². The highest BCUT2D eigenvalue weighted by atomic mass is 32.5. The Bertz CT molecular complexity index is 654. The van der Waals surface area contributed by atoms with E-state index in [9.17, 15) is 29.0 Å². The monoisotopic (exact) mass is 313 g/mol. The minimum Gasteiger partial charge on any atom is -0.295 e. The molecule has 9 heteroatoms. The number of benzene rings is 1. The Morgan fingerprint density at radius 2 is 1.60 bits per heavy atom. The smallest absolute Gasteiger partial charge is 0.295 e. The third-order valence-electron chi connectivity index (χ3n) is 3.73. The van der Waals surface area contributed by atoms with Gasteiger partial charge in [-0.05, 0) is 24.1 Å². The second-order valence-electron chi connectivity index (χ2n) is 5.04. The van der Waals surface area contributed by atoms with Crippen LogP contribution in [0.3, 0.4) is 0 Å². The van der Waals surface area contributed by atoms with Gasteiger partial charge in [0.05, 0.1) is 11.3 Å². The third-order valence-corrected chi connectivity index (χ3v) is 4.90. The van der Waals surface area contributed by atoms with Gasteiger partial charge in [0.25, 0.3) is 0 Å². The maximum atomic E-state index is 12.6. The van der Waals surface area contributed by atoms with Crippen molar-refractivity contribution in [1.29, 1.82) is 0 Å². The normalized spacial score (nSPS) is 32.1. The molecule has 2 amide bonds. The molecule has 0 spiro atoms. The van der Waals surface area contributed by atoms with Gasteiger partial charge in [-0.25, -0.2) is 0 Å². The lowest BCUT2D eigenvalue weighted by atomic mass is 9.94. The van der Waals surface area contributed by atoms with Crippen molar-refractivity contribution in [2.75, 3.05) is 0 Å². The van der Waals surface area contributed by atoms with E-state index in [1.807, 2.05) is 0 Å². The predicted octanol–water partition coefficient (Wildman–Crippen LogP) is 3.26. The Kier molecular flexibility index (Phi) is 1.90. The molecule has 1 aromatic rings. The molecule has 1 aromatic carbocycles. The number of piperidine rings is 1. The van der Waals surface area contributed by atoms with E-state index in [4.69, 9.17) is 0 Å². The van der Waals surface area contributed by atoms with E-state index in [-0.39, 0.29) is 24.1 Å². The maximum absolute atomic E-state index is 12.6. The van der Waals surface area contributed by atoms with Gasteiger partial charge in [0, 0.05) is 0 Å². The second kappa shape index (κ2) is 2.85. The average molecular weight is 313 g/mol. The molecule has 2 fully saturated rings. The minimum absolute atomic E-state index is 0.149. The molecular formula is C11H8F5NO2S. The molecule has 2 aliphatic rings. The van der Waals surface area contributed by atoms with Crippen LogP contribution < -0.4 is 5.32 Å². The molecule has 1 aliphatic heterocycles. The van der Waals surface area contributed by atoms with Gasteiger partial charge in [-0.2, -0.15) is 0 Å². The molecule has 1 unspecified atom stereocenters. The van der Waals surface area contributed by atoms with Crippen molar-refractivity contribution in [3.05, 3.63) is 29.8 Å². The summed E-state index contributed by atoms with van der Waals surface area (Å²) in [5.74, 6) is -1.68. The summed E-state index contributed by atoms with van der Waals surface area (Å²) < 4.78 is 62.8. The van der Waals surface area contributed by atoms with E-state index >= 15 is 0 Å². The van der Waals surface area contributed by atoms with E-state index in [2.05, 4.69) is 5.32 Å². The summed E-state index contributed by atoms with van der Waals surface area (Å²) in [6.45, 7) is 0. The van der Waals surface area contributed by atoms with Gasteiger partial charge < -0.3 is 0 Å². The Morgan fingerprint density at radius 3 is 1.95 bits per heavy atom. The Balaban J connectivity index is 2.02. The first-order chi connectivity index (χ1) is 8.84. The molecule has 1 N–H and O–H groups in total. The highest BCUT2D eigenvalue weighted by Gasteiger charge is 2.70. The Morgan fingerprint density at radius 1 is 1.05 bits per heavy atom. The van der Waals surface area contributed by atoms with Crippen molar-refractivity contribution in [1.82, 2.24) is 5.32 Å². The molecule has 1 heterocycles. The summed E-state index contributed by atoms with van der Waals surface area (Å²) in [6.07, 6.45) is 0.202. The van der Waals surface area contributed by atoms with Crippen molar-refractivity contribution in [2.45, 2.75) is 16.7 Å². The lowest BCUT2D eigenvalue weighted by molar-refractivity contribution is -0.127. The van der Waals surface area contributed by atoms with Gasteiger partial charge >= 0.3 is 10.2 Å². The van der Waals surface area contributed by atoms with Gasteiger partial charge in [0.1, 0.15) is 4.90 Å². The van der Waals surface area contributed by atoms with Gasteiger partial charge in [-0.15, -0.1) is 0 Å². The molecule has 1 saturated carbocycles. The van der Waals surface area contributed by atoms with Crippen LogP contribution in [-0.2, 0) is 15.0 Å². The fourth-order valence-electron chi connectivity index (χ4n) is 2.60. The van der Waals surface area contributed by atoms with Crippen LogP contribution in [-0.4, -0.2) is 11.8 Å². The largest absolute Gasteiger partial charge is 0.310 e. The molecule has 3 nitrogen and oxygen atoms in total. The van der Waals surface area contributed by atoms with Gasteiger partial charge in [0.2, 0.25) is 11.8 Å². The zero-order valence-corrected chi connectivity index (χ0v) is 10.5. The van der Waals surface area contributed by atoms with Gasteiger partial charge in [0.15, 0.2) is 0 Å². The number of carbonyl (C=O) groups excluding carboxylic acids is 2. The van der Waals surface area contributed by atoms with Crippen LogP contribution in [0.1, 0.15) is 12.0 Å². The number of imide groups is 1. The van der Waals surface area contributed by atoms with Crippen molar-refractivity contribution in [3.8, 4) is 0 Å². The van der Waals surface area contributed by atoms with Crippen molar-refractivity contribution < 1.29 is 29.0 Å². The van der Waals surface area contributed by atoms with Gasteiger partial charge in [-0.1, -0.05) is 31.6 Å². The van der Waals surface area contributed by atoms with E-state index in [1.54, 1.807) is 0 Å². The zero-order valence-electron chi connectivity index (χ0n) is 9.71. The molecule has 1 aliphatic carbocycles. The third kappa shape index (κ3) is 1.72. The molecule has 0 aromatic heterocycles. The quantitative estimate of drug-likeness (QED) is 0.673. The Labute approximate surface area is 109 Å². The lowest BCUT2D eigenvalue weighted by Crippen LogP contribution is -2.30. The first-order valence-electron chi connectivity index (χ1n) is 5.54. The molecule has 1 saturated heterocycles. The fraction of sp³-hybridized carbons (Fsp3) is 0.273. The standard InChI is InChI=1S/C11H8F5NO2S/c12-20(13,14,15,16)7-3-1-6(2-4-7)11-5-8(11)9(18)17-10(11)19/h1-4,8H,5H2,(H,17,18,19)/t8-,11?/m0/s1. The van der Waals surface area contributed by atoms with Crippen LogP contribution in [0.5, 0.6) is 0 Å². The highest BCUT2D eigenvalue weighted by Crippen LogP contribution is 3.02. The van der Waals surface area contributed by atoms with Crippen molar-refractivity contribution in [3.63, 3.8) is 0 Å². The SMILES string of the molecule is O=C1NC(=O)C2(c3ccc(S(F)(F)(F)(F)F)cc3)C[C@@H]12. The zero-order chi connectivity index (χ0) is 15.0. The number of halogens is 5.